The highest BCUT2D eigenvalue weighted by atomic mass is 35.5. The number of carbonyl (C=O) groups is 2. The molecule has 1 aromatic heterocycles. The Morgan fingerprint density at radius 1 is 1.19 bits per heavy atom. The van der Waals surface area contributed by atoms with Crippen LogP contribution in [-0.2, 0) is 15.3 Å². The van der Waals surface area contributed by atoms with Gasteiger partial charge in [-0.05, 0) is 42.7 Å². The maximum atomic E-state index is 13.0. The minimum atomic E-state index is -0.955. The largest absolute Gasteiger partial charge is 0.325 e. The van der Waals surface area contributed by atoms with Crippen molar-refractivity contribution in [2.45, 2.75) is 37.1 Å². The van der Waals surface area contributed by atoms with Crippen molar-refractivity contribution in [3.05, 3.63) is 80.1 Å². The maximum absolute atomic E-state index is 13.0. The topological polar surface area (TPSA) is 104 Å². The van der Waals surface area contributed by atoms with Crippen LogP contribution in [0.3, 0.4) is 0 Å². The number of hydrogen-bond donors (Lipinski definition) is 3. The van der Waals surface area contributed by atoms with E-state index in [0.717, 1.165) is 16.7 Å². The minimum Gasteiger partial charge on any atom is -0.325 e. The number of aromatic nitrogens is 2. The van der Waals surface area contributed by atoms with E-state index in [9.17, 15) is 14.4 Å². The van der Waals surface area contributed by atoms with Crippen LogP contribution in [0.5, 0.6) is 0 Å². The second-order valence-electron chi connectivity index (χ2n) is 7.60. The molecule has 2 amide bonds. The highest BCUT2D eigenvalue weighted by Crippen LogP contribution is 2.32. The summed E-state index contributed by atoms with van der Waals surface area (Å²) < 4.78 is 0. The first kappa shape index (κ1) is 22.1. The molecule has 0 saturated heterocycles. The average molecular weight is 469 g/mol. The van der Waals surface area contributed by atoms with Crippen molar-refractivity contribution in [3.63, 3.8) is 0 Å². The third-order valence-electron chi connectivity index (χ3n) is 5.33. The van der Waals surface area contributed by atoms with Gasteiger partial charge in [0.2, 0.25) is 11.8 Å². The van der Waals surface area contributed by atoms with Gasteiger partial charge in [0.25, 0.3) is 5.56 Å². The van der Waals surface area contributed by atoms with Crippen LogP contribution in [0.4, 0.5) is 11.5 Å². The number of H-pyrrole nitrogens is 1. The van der Waals surface area contributed by atoms with E-state index in [0.29, 0.717) is 21.6 Å². The summed E-state index contributed by atoms with van der Waals surface area (Å²) in [6.45, 7) is 3.85. The number of hydrogen-bond acceptors (Lipinski definition) is 5. The van der Waals surface area contributed by atoms with E-state index in [4.69, 9.17) is 11.6 Å². The Morgan fingerprint density at radius 3 is 2.75 bits per heavy atom. The number of nitrogens with one attached hydrogen (secondary N) is 3. The molecule has 0 saturated carbocycles. The van der Waals surface area contributed by atoms with Crippen molar-refractivity contribution in [1.82, 2.24) is 9.97 Å². The van der Waals surface area contributed by atoms with Crippen molar-refractivity contribution >= 4 is 46.7 Å². The van der Waals surface area contributed by atoms with E-state index in [-0.39, 0.29) is 23.7 Å². The summed E-state index contributed by atoms with van der Waals surface area (Å²) in [6.07, 6.45) is -0.140. The monoisotopic (exact) mass is 468 g/mol. The molecule has 32 heavy (non-hydrogen) atoms. The van der Waals surface area contributed by atoms with Crippen LogP contribution in [0.25, 0.3) is 0 Å². The Kier molecular flexibility index (Phi) is 6.34. The fraction of sp³-hybridized carbons (Fsp3) is 0.217. The number of aromatic amines is 1. The van der Waals surface area contributed by atoms with Crippen LogP contribution < -0.4 is 16.2 Å². The Bertz CT molecular complexity index is 1270. The Balaban J connectivity index is 1.60. The van der Waals surface area contributed by atoms with Gasteiger partial charge in [-0.1, -0.05) is 53.7 Å². The first-order chi connectivity index (χ1) is 15.3. The predicted molar refractivity (Wildman–Crippen MR) is 126 cm³/mol. The average Bonchev–Trinajstić information content (AvgIpc) is 2.75. The summed E-state index contributed by atoms with van der Waals surface area (Å²) >= 11 is 7.39. The highest BCUT2D eigenvalue weighted by Gasteiger charge is 2.35. The summed E-state index contributed by atoms with van der Waals surface area (Å²) in [7, 11) is 0. The molecule has 1 aliphatic heterocycles. The van der Waals surface area contributed by atoms with Gasteiger partial charge < -0.3 is 15.6 Å². The number of carbonyl (C=O) groups excluding carboxylic acids is 2. The number of aryl methyl sites for hydroxylation is 2. The van der Waals surface area contributed by atoms with Gasteiger partial charge >= 0.3 is 0 Å². The lowest BCUT2D eigenvalue weighted by Crippen LogP contribution is -2.36. The molecule has 3 aromatic rings. The van der Waals surface area contributed by atoms with Gasteiger partial charge in [0, 0.05) is 22.9 Å². The van der Waals surface area contributed by atoms with Gasteiger partial charge in [0.1, 0.15) is 5.82 Å². The molecule has 0 aliphatic carbocycles. The van der Waals surface area contributed by atoms with Crippen LogP contribution in [-0.4, -0.2) is 21.8 Å². The zero-order chi connectivity index (χ0) is 22.8. The summed E-state index contributed by atoms with van der Waals surface area (Å²) in [5, 5.41) is 6.28. The third-order valence-corrected chi connectivity index (χ3v) is 6.49. The van der Waals surface area contributed by atoms with Crippen molar-refractivity contribution in [2.24, 2.45) is 0 Å². The minimum absolute atomic E-state index is 0.125. The number of anilines is 2. The van der Waals surface area contributed by atoms with Crippen LogP contribution in [0.1, 0.15) is 34.6 Å². The fourth-order valence-corrected chi connectivity index (χ4v) is 4.62. The van der Waals surface area contributed by atoms with Gasteiger partial charge in [0.05, 0.1) is 11.5 Å². The number of rotatable bonds is 5. The molecule has 0 spiro atoms. The molecule has 1 unspecified atom stereocenters. The smallest absolute Gasteiger partial charge is 0.257 e. The van der Waals surface area contributed by atoms with Crippen LogP contribution in [0, 0.1) is 13.8 Å². The van der Waals surface area contributed by atoms with Crippen molar-refractivity contribution in [1.29, 1.82) is 0 Å². The number of halogens is 1. The molecule has 164 valence electrons. The molecular formula is C23H21ClN4O3S. The maximum Gasteiger partial charge on any atom is 0.257 e. The number of benzene rings is 2. The van der Waals surface area contributed by atoms with Gasteiger partial charge in [-0.2, -0.15) is 0 Å². The zero-order valence-corrected chi connectivity index (χ0v) is 19.1. The van der Waals surface area contributed by atoms with Crippen LogP contribution in [0.15, 0.2) is 52.4 Å². The first-order valence-electron chi connectivity index (χ1n) is 10.00. The predicted octanol–water partition coefficient (Wildman–Crippen LogP) is 4.40. The zero-order valence-electron chi connectivity index (χ0n) is 17.5. The Labute approximate surface area is 194 Å². The lowest BCUT2D eigenvalue weighted by molar-refractivity contribution is -0.123. The Hall–Kier alpha value is -3.10. The number of amides is 2. The molecule has 9 heteroatoms. The van der Waals surface area contributed by atoms with Gasteiger partial charge in [-0.3, -0.25) is 14.4 Å². The number of fused-ring (bicyclic) bond motifs is 1. The van der Waals surface area contributed by atoms with E-state index < -0.39 is 17.4 Å². The second-order valence-corrected chi connectivity index (χ2v) is 9.00. The lowest BCUT2D eigenvalue weighted by atomic mass is 9.92. The second kappa shape index (κ2) is 9.18. The third kappa shape index (κ3) is 4.71. The SMILES string of the molecule is Cc1ccccc1CSc1nc2c(c(=O)[nH]1)C(C(=O)Nc1cc(Cl)ccc1C)CC(=O)N2. The van der Waals surface area contributed by atoms with Crippen LogP contribution in [0.2, 0.25) is 5.02 Å². The summed E-state index contributed by atoms with van der Waals surface area (Å²) in [6, 6.07) is 13.1. The molecule has 0 radical (unpaired) electrons. The molecular weight excluding hydrogens is 448 g/mol. The van der Waals surface area contributed by atoms with E-state index in [1.54, 1.807) is 18.2 Å². The molecule has 2 heterocycles. The van der Waals surface area contributed by atoms with E-state index in [1.165, 1.54) is 11.8 Å². The quantitative estimate of drug-likeness (QED) is 0.380. The summed E-state index contributed by atoms with van der Waals surface area (Å²) in [5.41, 5.74) is 3.33. The molecule has 2 aromatic carbocycles. The molecule has 4 rings (SSSR count). The van der Waals surface area contributed by atoms with Crippen molar-refractivity contribution < 1.29 is 9.59 Å². The van der Waals surface area contributed by atoms with Crippen molar-refractivity contribution in [3.8, 4) is 0 Å². The molecule has 1 atom stereocenters. The highest BCUT2D eigenvalue weighted by molar-refractivity contribution is 7.98. The molecule has 0 fully saturated rings. The van der Waals surface area contributed by atoms with Gasteiger partial charge in [-0.25, -0.2) is 4.98 Å². The van der Waals surface area contributed by atoms with E-state index in [1.807, 2.05) is 38.1 Å². The van der Waals surface area contributed by atoms with Crippen molar-refractivity contribution in [2.75, 3.05) is 10.6 Å². The molecule has 0 bridgehead atoms. The standard InChI is InChI=1S/C23H21ClN4O3S/c1-12-5-3-4-6-14(12)11-32-23-27-20-19(22(31)28-23)16(10-18(29)26-20)21(30)25-17-9-15(24)8-7-13(17)2/h3-9,16H,10-11H2,1-2H3,(H,25,30)(H2,26,27,28,29,31). The molecule has 7 nitrogen and oxygen atoms in total. The van der Waals surface area contributed by atoms with E-state index >= 15 is 0 Å². The summed E-state index contributed by atoms with van der Waals surface area (Å²) in [5.74, 6) is -1.04. The number of nitrogens with zero attached hydrogens (tertiary/aromatic N) is 1. The normalized spacial score (nSPS) is 15.1. The fourth-order valence-electron chi connectivity index (χ4n) is 3.51. The van der Waals surface area contributed by atoms with E-state index in [2.05, 4.69) is 20.6 Å². The first-order valence-corrected chi connectivity index (χ1v) is 11.4. The molecule has 3 N–H and O–H groups in total. The van der Waals surface area contributed by atoms with Gasteiger partial charge in [0.15, 0.2) is 5.16 Å². The van der Waals surface area contributed by atoms with Crippen LogP contribution >= 0.6 is 23.4 Å². The lowest BCUT2D eigenvalue weighted by Gasteiger charge is -2.24. The molecule has 1 aliphatic rings. The van der Waals surface area contributed by atoms with Gasteiger partial charge in [-0.15, -0.1) is 0 Å². The number of thioether (sulfide) groups is 1. The Morgan fingerprint density at radius 2 is 1.97 bits per heavy atom. The summed E-state index contributed by atoms with van der Waals surface area (Å²) in [4.78, 5) is 45.4.